The van der Waals surface area contributed by atoms with Gasteiger partial charge in [-0.05, 0) is 62.8 Å². The summed E-state index contributed by atoms with van der Waals surface area (Å²) in [7, 11) is 5.79. The maximum atomic E-state index is 13.3. The van der Waals surface area contributed by atoms with E-state index in [1.807, 2.05) is 31.2 Å². The summed E-state index contributed by atoms with van der Waals surface area (Å²) in [5.41, 5.74) is 1.44. The first-order valence-electron chi connectivity index (χ1n) is 10.9. The van der Waals surface area contributed by atoms with Crippen LogP contribution in [0.3, 0.4) is 0 Å². The van der Waals surface area contributed by atoms with E-state index in [0.717, 1.165) is 58.0 Å². The molecule has 0 unspecified atom stereocenters. The number of hydrazine groups is 1. The molecule has 3 fully saturated rings. The highest BCUT2D eigenvalue weighted by atomic mass is 16.5. The van der Waals surface area contributed by atoms with Crippen molar-refractivity contribution in [3.8, 4) is 0 Å². The van der Waals surface area contributed by atoms with Crippen molar-refractivity contribution >= 4 is 6.03 Å². The van der Waals surface area contributed by atoms with Crippen molar-refractivity contribution < 1.29 is 9.53 Å². The SMILES string of the molecule is COC1(CCN2C(=O)N(N(C)C)CC23CCC(c2ccccc2)CC3)CCC1. The molecule has 5 heteroatoms. The van der Waals surface area contributed by atoms with E-state index in [0.29, 0.717) is 5.92 Å². The molecule has 2 amide bonds. The topological polar surface area (TPSA) is 36.0 Å². The lowest BCUT2D eigenvalue weighted by Crippen LogP contribution is -2.52. The molecule has 0 aromatic heterocycles. The molecule has 1 aromatic rings. The van der Waals surface area contributed by atoms with Crippen LogP contribution in [0, 0.1) is 0 Å². The van der Waals surface area contributed by atoms with Crippen LogP contribution in [0.2, 0.25) is 0 Å². The zero-order valence-electron chi connectivity index (χ0n) is 17.7. The van der Waals surface area contributed by atoms with Crippen LogP contribution in [-0.2, 0) is 4.74 Å². The minimum atomic E-state index is -0.0225. The molecule has 154 valence electrons. The molecule has 2 aliphatic carbocycles. The molecule has 3 aliphatic rings. The summed E-state index contributed by atoms with van der Waals surface area (Å²) in [5.74, 6) is 0.620. The van der Waals surface area contributed by atoms with Crippen molar-refractivity contribution in [2.45, 2.75) is 68.4 Å². The highest BCUT2D eigenvalue weighted by molar-refractivity contribution is 5.77. The maximum Gasteiger partial charge on any atom is 0.335 e. The fourth-order valence-corrected chi connectivity index (χ4v) is 5.50. The van der Waals surface area contributed by atoms with Crippen molar-refractivity contribution in [2.24, 2.45) is 0 Å². The molecular weight excluding hydrogens is 350 g/mol. The number of hydrogen-bond donors (Lipinski definition) is 0. The highest BCUT2D eigenvalue weighted by Gasteiger charge is 2.52. The number of rotatable bonds is 6. The van der Waals surface area contributed by atoms with Gasteiger partial charge in [-0.2, -0.15) is 0 Å². The lowest BCUT2D eigenvalue weighted by molar-refractivity contribution is -0.0832. The fourth-order valence-electron chi connectivity index (χ4n) is 5.50. The first kappa shape index (κ1) is 19.7. The van der Waals surface area contributed by atoms with Gasteiger partial charge in [0.1, 0.15) is 0 Å². The highest BCUT2D eigenvalue weighted by Crippen LogP contribution is 2.46. The Labute approximate surface area is 169 Å². The van der Waals surface area contributed by atoms with Crippen LogP contribution in [-0.4, -0.2) is 66.4 Å². The summed E-state index contributed by atoms with van der Waals surface area (Å²) in [6.07, 6.45) is 8.95. The lowest BCUT2D eigenvalue weighted by atomic mass is 9.73. The Hall–Kier alpha value is -1.59. The molecule has 1 aromatic carbocycles. The lowest BCUT2D eigenvalue weighted by Gasteiger charge is -2.46. The van der Waals surface area contributed by atoms with Gasteiger partial charge in [-0.25, -0.2) is 9.80 Å². The van der Waals surface area contributed by atoms with Crippen molar-refractivity contribution in [2.75, 3.05) is 34.3 Å². The van der Waals surface area contributed by atoms with Gasteiger partial charge in [-0.15, -0.1) is 0 Å². The predicted molar refractivity (Wildman–Crippen MR) is 111 cm³/mol. The molecule has 5 nitrogen and oxygen atoms in total. The second-order valence-electron chi connectivity index (χ2n) is 9.24. The summed E-state index contributed by atoms with van der Waals surface area (Å²) in [6, 6.07) is 11.1. The second-order valence-corrected chi connectivity index (χ2v) is 9.24. The second kappa shape index (κ2) is 7.68. The third kappa shape index (κ3) is 3.43. The number of methoxy groups -OCH3 is 1. The number of carbonyl (C=O) groups is 1. The molecule has 2 saturated carbocycles. The van der Waals surface area contributed by atoms with Crippen molar-refractivity contribution in [3.63, 3.8) is 0 Å². The molecule has 28 heavy (non-hydrogen) atoms. The minimum Gasteiger partial charge on any atom is -0.378 e. The minimum absolute atomic E-state index is 0.00818. The quantitative estimate of drug-likeness (QED) is 0.734. The van der Waals surface area contributed by atoms with Crippen LogP contribution in [0.15, 0.2) is 30.3 Å². The Balaban J connectivity index is 1.49. The monoisotopic (exact) mass is 385 g/mol. The first-order chi connectivity index (χ1) is 13.5. The summed E-state index contributed by atoms with van der Waals surface area (Å²) < 4.78 is 5.83. The van der Waals surface area contributed by atoms with Crippen molar-refractivity contribution in [1.29, 1.82) is 0 Å². The molecule has 0 radical (unpaired) electrons. The molecule has 0 atom stereocenters. The van der Waals surface area contributed by atoms with E-state index >= 15 is 0 Å². The smallest absolute Gasteiger partial charge is 0.335 e. The van der Waals surface area contributed by atoms with E-state index in [1.54, 1.807) is 0 Å². The van der Waals surface area contributed by atoms with Crippen LogP contribution >= 0.6 is 0 Å². The summed E-state index contributed by atoms with van der Waals surface area (Å²) >= 11 is 0. The van der Waals surface area contributed by atoms with Crippen LogP contribution in [0.25, 0.3) is 0 Å². The Morgan fingerprint density at radius 3 is 2.32 bits per heavy atom. The Kier molecular flexibility index (Phi) is 5.41. The number of amides is 2. The molecule has 0 N–H and O–H groups in total. The average Bonchev–Trinajstić information content (AvgIpc) is 2.95. The molecule has 1 saturated heterocycles. The number of nitrogens with zero attached hydrogens (tertiary/aromatic N) is 3. The van der Waals surface area contributed by atoms with Crippen molar-refractivity contribution in [1.82, 2.24) is 14.9 Å². The molecule has 0 bridgehead atoms. The predicted octanol–water partition coefficient (Wildman–Crippen LogP) is 4.26. The van der Waals surface area contributed by atoms with Crippen LogP contribution < -0.4 is 0 Å². The largest absolute Gasteiger partial charge is 0.378 e. The van der Waals surface area contributed by atoms with E-state index in [1.165, 1.54) is 12.0 Å². The summed E-state index contributed by atoms with van der Waals surface area (Å²) in [6.45, 7) is 1.63. The number of benzene rings is 1. The average molecular weight is 386 g/mol. The van der Waals surface area contributed by atoms with Gasteiger partial charge in [0.2, 0.25) is 0 Å². The number of urea groups is 1. The standard InChI is InChI=1S/C23H35N3O2/c1-24(2)26-18-22(14-10-20(11-15-22)19-8-5-4-6-9-19)25(21(26)27)17-16-23(28-3)12-7-13-23/h4-6,8-9,20H,7,10-18H2,1-3H3. The van der Waals surface area contributed by atoms with Gasteiger partial charge in [0.05, 0.1) is 17.7 Å². The van der Waals surface area contributed by atoms with Gasteiger partial charge in [-0.1, -0.05) is 30.3 Å². The van der Waals surface area contributed by atoms with Gasteiger partial charge in [0.25, 0.3) is 0 Å². The fraction of sp³-hybridized carbons (Fsp3) is 0.696. The number of ether oxygens (including phenoxy) is 1. The van der Waals surface area contributed by atoms with E-state index in [9.17, 15) is 4.79 Å². The van der Waals surface area contributed by atoms with E-state index in [2.05, 4.69) is 35.2 Å². The van der Waals surface area contributed by atoms with Gasteiger partial charge in [0.15, 0.2) is 0 Å². The van der Waals surface area contributed by atoms with E-state index in [-0.39, 0.29) is 17.2 Å². The summed E-state index contributed by atoms with van der Waals surface area (Å²) in [4.78, 5) is 15.5. The van der Waals surface area contributed by atoms with Gasteiger partial charge in [-0.3, -0.25) is 5.01 Å². The Morgan fingerprint density at radius 1 is 1.11 bits per heavy atom. The zero-order valence-corrected chi connectivity index (χ0v) is 17.7. The molecule has 1 spiro atoms. The van der Waals surface area contributed by atoms with E-state index in [4.69, 9.17) is 4.74 Å². The van der Waals surface area contributed by atoms with Crippen molar-refractivity contribution in [3.05, 3.63) is 35.9 Å². The Morgan fingerprint density at radius 2 is 1.79 bits per heavy atom. The van der Waals surface area contributed by atoms with Gasteiger partial charge < -0.3 is 9.64 Å². The summed E-state index contributed by atoms with van der Waals surface area (Å²) in [5, 5.41) is 3.89. The normalized spacial score (nSPS) is 29.6. The van der Waals surface area contributed by atoms with E-state index < -0.39 is 0 Å². The number of carbonyl (C=O) groups excluding carboxylic acids is 1. The van der Waals surface area contributed by atoms with Crippen LogP contribution in [0.5, 0.6) is 0 Å². The zero-order chi connectivity index (χ0) is 19.8. The molecule has 1 aliphatic heterocycles. The Bertz CT molecular complexity index is 673. The first-order valence-corrected chi connectivity index (χ1v) is 10.9. The number of hydrogen-bond acceptors (Lipinski definition) is 3. The molecule has 1 heterocycles. The van der Waals surface area contributed by atoms with Crippen LogP contribution in [0.1, 0.15) is 62.8 Å². The third-order valence-electron chi connectivity index (χ3n) is 7.63. The van der Waals surface area contributed by atoms with Gasteiger partial charge in [0, 0.05) is 27.7 Å². The van der Waals surface area contributed by atoms with Crippen LogP contribution in [0.4, 0.5) is 4.79 Å². The molecule has 4 rings (SSSR count). The van der Waals surface area contributed by atoms with Gasteiger partial charge >= 0.3 is 6.03 Å². The maximum absolute atomic E-state index is 13.3. The molecular formula is C23H35N3O2. The third-order valence-corrected chi connectivity index (χ3v) is 7.63.